The Morgan fingerprint density at radius 1 is 0.714 bits per heavy atom. The Labute approximate surface area is 281 Å². The number of benzene rings is 3. The van der Waals surface area contributed by atoms with E-state index in [1.165, 1.54) is 14.7 Å². The van der Waals surface area contributed by atoms with Gasteiger partial charge in [-0.15, -0.1) is 0 Å². The van der Waals surface area contributed by atoms with Crippen molar-refractivity contribution >= 4 is 21.0 Å². The lowest BCUT2D eigenvalue weighted by atomic mass is 9.47. The molecule has 4 bridgehead atoms. The molecule has 4 fully saturated rings. The number of hydrogen-bond donors (Lipinski definition) is 1. The minimum absolute atomic E-state index is 0.0146. The maximum absolute atomic E-state index is 14.1. The van der Waals surface area contributed by atoms with Crippen LogP contribution in [0.15, 0.2) is 106 Å². The van der Waals surface area contributed by atoms with E-state index in [0.29, 0.717) is 25.7 Å². The molecule has 0 amide bonds. The predicted octanol–water partition coefficient (Wildman–Crippen LogP) is 8.86. The van der Waals surface area contributed by atoms with Crippen LogP contribution in [0, 0.1) is 17.3 Å². The van der Waals surface area contributed by atoms with Crippen LogP contribution in [-0.4, -0.2) is 47.1 Å². The van der Waals surface area contributed by atoms with Crippen molar-refractivity contribution in [3.63, 3.8) is 0 Å². The highest BCUT2D eigenvalue weighted by atomic mass is 32.2. The van der Waals surface area contributed by atoms with Gasteiger partial charge in [-0.1, -0.05) is 54.6 Å². The lowest BCUT2D eigenvalue weighted by Crippen LogP contribution is -2.57. The third-order valence-electron chi connectivity index (χ3n) is 9.39. The average molecular weight is 739 g/mol. The zero-order chi connectivity index (χ0) is 35.9. The minimum Gasteiger partial charge on any atom is -0.743 e. The summed E-state index contributed by atoms with van der Waals surface area (Å²) in [6, 6.07) is 32.2. The molecule has 0 aromatic heterocycles. The van der Waals surface area contributed by atoms with Crippen molar-refractivity contribution in [2.75, 3.05) is 0 Å². The second-order valence-corrected chi connectivity index (χ2v) is 16.7. The van der Waals surface area contributed by atoms with Gasteiger partial charge < -0.3 is 9.66 Å². The van der Waals surface area contributed by atoms with Crippen molar-refractivity contribution in [2.24, 2.45) is 17.3 Å². The summed E-state index contributed by atoms with van der Waals surface area (Å²) in [5.41, 5.74) is -2.01. The van der Waals surface area contributed by atoms with Crippen LogP contribution in [0.5, 0.6) is 0 Å². The van der Waals surface area contributed by atoms with Gasteiger partial charge in [0.05, 0.1) is 16.5 Å². The average Bonchev–Trinajstić information content (AvgIpc) is 3.00. The van der Waals surface area contributed by atoms with E-state index >= 15 is 0 Å². The molecule has 15 heteroatoms. The molecule has 7 rings (SSSR count). The Hall–Kier alpha value is -2.72. The summed E-state index contributed by atoms with van der Waals surface area (Å²) in [4.78, 5) is 4.08. The summed E-state index contributed by atoms with van der Waals surface area (Å²) in [6.07, 6.45) is -12.7. The monoisotopic (exact) mass is 738 g/mol. The highest BCUT2D eigenvalue weighted by molar-refractivity contribution is 7.97. The van der Waals surface area contributed by atoms with E-state index in [1.807, 2.05) is 0 Å². The van der Waals surface area contributed by atoms with Crippen molar-refractivity contribution in [3.05, 3.63) is 91.0 Å². The first-order valence-corrected chi connectivity index (χ1v) is 18.1. The first-order chi connectivity index (χ1) is 22.7. The summed E-state index contributed by atoms with van der Waals surface area (Å²) in [7, 11) is -7.21. The largest absolute Gasteiger partial charge is 0.743 e. The molecule has 1 N–H and O–H groups in total. The highest BCUT2D eigenvalue weighted by Gasteiger charge is 2.72. The van der Waals surface area contributed by atoms with Crippen molar-refractivity contribution in [3.8, 4) is 0 Å². The van der Waals surface area contributed by atoms with Gasteiger partial charge in [-0.25, -0.2) is 13.2 Å². The molecule has 0 aliphatic heterocycles. The molecule has 0 spiro atoms. The van der Waals surface area contributed by atoms with E-state index in [2.05, 4.69) is 95.7 Å². The Morgan fingerprint density at radius 3 is 1.49 bits per heavy atom. The van der Waals surface area contributed by atoms with Crippen LogP contribution in [0.3, 0.4) is 0 Å². The molecular weight excluding hydrogens is 704 g/mol. The highest BCUT2D eigenvalue weighted by Crippen LogP contribution is 2.64. The Morgan fingerprint density at radius 2 is 1.12 bits per heavy atom. The predicted molar refractivity (Wildman–Crippen MR) is 163 cm³/mol. The van der Waals surface area contributed by atoms with Crippen LogP contribution in [0.1, 0.15) is 51.4 Å². The van der Waals surface area contributed by atoms with Crippen molar-refractivity contribution < 1.29 is 57.9 Å². The van der Waals surface area contributed by atoms with E-state index in [9.17, 15) is 53.2 Å². The van der Waals surface area contributed by atoms with Crippen molar-refractivity contribution in [1.82, 2.24) is 0 Å². The summed E-state index contributed by atoms with van der Waals surface area (Å²) in [5.74, 6) is -5.33. The van der Waals surface area contributed by atoms with E-state index in [4.69, 9.17) is 0 Å². The van der Waals surface area contributed by atoms with Gasteiger partial charge in [-0.2, -0.15) is 35.1 Å². The quantitative estimate of drug-likeness (QED) is 0.121. The molecule has 3 aromatic carbocycles. The van der Waals surface area contributed by atoms with E-state index in [0.717, 1.165) is 6.42 Å². The standard InChI is InChI=1S/C18H15S.C16H20F8O5S/c1-4-10-16(11-5-1)19(17-12-6-2-7-13-17)18-14-8-3-9-15-18;17-13(18,14(19,20)29-15(21,22)16(23,24)30(26,27)28)2-1-11-4-9-3-10(5-11)7-12(25,6-9)8-11/h1-15H;9-10,25H,1-8H2,(H,26,27,28)/q+1;/p-1. The summed E-state index contributed by atoms with van der Waals surface area (Å²) >= 11 is 0. The van der Waals surface area contributed by atoms with E-state index < -0.39 is 57.4 Å². The lowest BCUT2D eigenvalue weighted by molar-refractivity contribution is -0.457. The second-order valence-electron chi connectivity index (χ2n) is 13.2. The second kappa shape index (κ2) is 13.4. The number of ether oxygens (including phenoxy) is 1. The summed E-state index contributed by atoms with van der Waals surface area (Å²) < 4.78 is 141. The first-order valence-electron chi connectivity index (χ1n) is 15.5. The normalized spacial score (nSPS) is 25.6. The molecular formula is C34H34F8O5S2. The topological polar surface area (TPSA) is 86.7 Å². The fraction of sp³-hybridized carbons (Fsp3) is 0.471. The molecule has 5 nitrogen and oxygen atoms in total. The number of alkyl halides is 8. The third kappa shape index (κ3) is 7.95. The molecule has 4 aliphatic carbocycles. The van der Waals surface area contributed by atoms with Gasteiger partial charge in [0.1, 0.15) is 0 Å². The summed E-state index contributed by atoms with van der Waals surface area (Å²) in [6.45, 7) is 0. The van der Waals surface area contributed by atoms with Gasteiger partial charge >= 0.3 is 23.4 Å². The van der Waals surface area contributed by atoms with Gasteiger partial charge in [0.15, 0.2) is 24.8 Å². The van der Waals surface area contributed by atoms with Gasteiger partial charge in [0, 0.05) is 6.42 Å². The molecule has 0 heterocycles. The molecule has 2 unspecified atom stereocenters. The molecule has 49 heavy (non-hydrogen) atoms. The molecule has 268 valence electrons. The SMILES string of the molecule is O=S(=O)([O-])C(F)(F)C(F)(F)OC(F)(F)C(F)(F)CCC12CC3CC(CC(O)(C3)C1)C2.c1ccc([S+](c2ccccc2)c2ccccc2)cc1. The van der Waals surface area contributed by atoms with E-state index in [1.54, 1.807) is 0 Å². The maximum Gasteiger partial charge on any atom is 0.438 e. The van der Waals surface area contributed by atoms with Gasteiger partial charge in [0.2, 0.25) is 0 Å². The number of rotatable bonds is 11. The Kier molecular flexibility index (Phi) is 10.3. The van der Waals surface area contributed by atoms with Crippen molar-refractivity contribution in [1.29, 1.82) is 0 Å². The third-order valence-corrected chi connectivity index (χ3v) is 12.5. The number of halogens is 8. The fourth-order valence-electron chi connectivity index (χ4n) is 7.78. The minimum atomic E-state index is -7.19. The summed E-state index contributed by atoms with van der Waals surface area (Å²) in [5, 5.41) is 3.85. The van der Waals surface area contributed by atoms with Crippen LogP contribution in [-0.2, 0) is 25.7 Å². The van der Waals surface area contributed by atoms with Crippen LogP contribution in [0.25, 0.3) is 0 Å². The maximum atomic E-state index is 14.1. The fourth-order valence-corrected chi connectivity index (χ4v) is 10.2. The van der Waals surface area contributed by atoms with Crippen LogP contribution in [0.4, 0.5) is 35.1 Å². The lowest BCUT2D eigenvalue weighted by Gasteiger charge is -2.60. The van der Waals surface area contributed by atoms with Gasteiger partial charge in [-0.3, -0.25) is 0 Å². The zero-order valence-corrected chi connectivity index (χ0v) is 27.5. The van der Waals surface area contributed by atoms with E-state index in [-0.39, 0.29) is 29.2 Å². The molecule has 4 aliphatic rings. The van der Waals surface area contributed by atoms with Crippen molar-refractivity contribution in [2.45, 2.75) is 95.0 Å². The van der Waals surface area contributed by atoms with Crippen LogP contribution in [0.2, 0.25) is 0 Å². The molecule has 2 atom stereocenters. The number of aliphatic hydroxyl groups is 1. The van der Waals surface area contributed by atoms with Gasteiger partial charge in [0.25, 0.3) is 0 Å². The first kappa shape index (κ1) is 37.5. The Balaban J connectivity index is 0.000000211. The van der Waals surface area contributed by atoms with Crippen LogP contribution >= 0.6 is 0 Å². The Bertz CT molecular complexity index is 1570. The zero-order valence-electron chi connectivity index (χ0n) is 25.9. The molecule has 3 aromatic rings. The number of hydrogen-bond acceptors (Lipinski definition) is 5. The van der Waals surface area contributed by atoms with Crippen LogP contribution < -0.4 is 0 Å². The molecule has 4 saturated carbocycles. The van der Waals surface area contributed by atoms with Gasteiger partial charge in [-0.05, 0) is 98.6 Å². The molecule has 0 radical (unpaired) electrons. The smallest absolute Gasteiger partial charge is 0.438 e. The molecule has 0 saturated heterocycles.